The van der Waals surface area contributed by atoms with Gasteiger partial charge in [-0.1, -0.05) is 11.3 Å². The Labute approximate surface area is 148 Å². The Morgan fingerprint density at radius 2 is 2.00 bits per heavy atom. The SMILES string of the molecule is Cc1ccc(C2CCN(C(=O)C3CCc4nnn(C)c4C3)CC2)cn1. The second-order valence-corrected chi connectivity index (χ2v) is 7.38. The lowest BCUT2D eigenvalue weighted by Crippen LogP contribution is -2.43. The van der Waals surface area contributed by atoms with Crippen LogP contribution in [-0.2, 0) is 24.7 Å². The normalized spacial score (nSPS) is 21.2. The molecule has 1 amide bonds. The van der Waals surface area contributed by atoms with E-state index >= 15 is 0 Å². The molecule has 1 fully saturated rings. The molecule has 0 saturated carbocycles. The molecule has 0 radical (unpaired) electrons. The Morgan fingerprint density at radius 1 is 1.20 bits per heavy atom. The fourth-order valence-electron chi connectivity index (χ4n) is 4.13. The van der Waals surface area contributed by atoms with Crippen molar-refractivity contribution in [3.05, 3.63) is 41.0 Å². The average molecular weight is 339 g/mol. The number of rotatable bonds is 2. The molecular formula is C19H25N5O. The Kier molecular flexibility index (Phi) is 4.27. The van der Waals surface area contributed by atoms with Gasteiger partial charge in [-0.25, -0.2) is 0 Å². The number of hydrogen-bond acceptors (Lipinski definition) is 4. The third-order valence-corrected chi connectivity index (χ3v) is 5.75. The second kappa shape index (κ2) is 6.58. The van der Waals surface area contributed by atoms with Crippen LogP contribution < -0.4 is 0 Å². The van der Waals surface area contributed by atoms with Crippen LogP contribution >= 0.6 is 0 Å². The van der Waals surface area contributed by atoms with Crippen LogP contribution in [0.4, 0.5) is 0 Å². The molecule has 1 saturated heterocycles. The molecule has 0 N–H and O–H groups in total. The summed E-state index contributed by atoms with van der Waals surface area (Å²) in [6, 6.07) is 4.26. The average Bonchev–Trinajstić information content (AvgIpc) is 3.02. The number of carbonyl (C=O) groups is 1. The Morgan fingerprint density at radius 3 is 2.72 bits per heavy atom. The highest BCUT2D eigenvalue weighted by Crippen LogP contribution is 2.30. The van der Waals surface area contributed by atoms with Crippen molar-refractivity contribution in [3.8, 4) is 0 Å². The fraction of sp³-hybridized carbons (Fsp3) is 0.579. The van der Waals surface area contributed by atoms with E-state index in [4.69, 9.17) is 0 Å². The third-order valence-electron chi connectivity index (χ3n) is 5.75. The predicted molar refractivity (Wildman–Crippen MR) is 94.0 cm³/mol. The number of amides is 1. The van der Waals surface area contributed by atoms with Crippen molar-refractivity contribution in [2.45, 2.75) is 44.9 Å². The highest BCUT2D eigenvalue weighted by atomic mass is 16.2. The summed E-state index contributed by atoms with van der Waals surface area (Å²) in [4.78, 5) is 19.4. The van der Waals surface area contributed by atoms with Crippen LogP contribution in [0.3, 0.4) is 0 Å². The first-order valence-electron chi connectivity index (χ1n) is 9.20. The van der Waals surface area contributed by atoms with Crippen LogP contribution in [0.5, 0.6) is 0 Å². The lowest BCUT2D eigenvalue weighted by atomic mass is 9.86. The van der Waals surface area contributed by atoms with E-state index in [2.05, 4.69) is 32.3 Å². The van der Waals surface area contributed by atoms with Crippen LogP contribution in [0.2, 0.25) is 0 Å². The van der Waals surface area contributed by atoms with E-state index in [1.807, 2.05) is 24.9 Å². The Hall–Kier alpha value is -2.24. The molecule has 2 aromatic heterocycles. The summed E-state index contributed by atoms with van der Waals surface area (Å²) >= 11 is 0. The van der Waals surface area contributed by atoms with Gasteiger partial charge in [-0.3, -0.25) is 14.5 Å². The first-order chi connectivity index (χ1) is 12.1. The molecule has 1 aliphatic carbocycles. The first kappa shape index (κ1) is 16.2. The van der Waals surface area contributed by atoms with E-state index in [-0.39, 0.29) is 5.92 Å². The van der Waals surface area contributed by atoms with Gasteiger partial charge in [0.2, 0.25) is 5.91 Å². The third kappa shape index (κ3) is 3.17. The van der Waals surface area contributed by atoms with Crippen LogP contribution in [0.25, 0.3) is 0 Å². The molecule has 6 nitrogen and oxygen atoms in total. The summed E-state index contributed by atoms with van der Waals surface area (Å²) in [5.41, 5.74) is 4.56. The maximum atomic E-state index is 12.9. The van der Waals surface area contributed by atoms with E-state index in [0.717, 1.165) is 62.3 Å². The molecule has 25 heavy (non-hydrogen) atoms. The van der Waals surface area contributed by atoms with Gasteiger partial charge in [0.15, 0.2) is 0 Å². The highest BCUT2D eigenvalue weighted by Gasteiger charge is 2.32. The van der Waals surface area contributed by atoms with Gasteiger partial charge < -0.3 is 4.90 Å². The summed E-state index contributed by atoms with van der Waals surface area (Å²) in [6.07, 6.45) is 6.59. The molecule has 1 unspecified atom stereocenters. The van der Waals surface area contributed by atoms with E-state index in [9.17, 15) is 4.79 Å². The number of hydrogen-bond donors (Lipinski definition) is 0. The van der Waals surface area contributed by atoms with Crippen molar-refractivity contribution >= 4 is 5.91 Å². The monoisotopic (exact) mass is 339 g/mol. The fourth-order valence-corrected chi connectivity index (χ4v) is 4.13. The summed E-state index contributed by atoms with van der Waals surface area (Å²) in [7, 11) is 1.92. The molecule has 2 aromatic rings. The van der Waals surface area contributed by atoms with Crippen molar-refractivity contribution < 1.29 is 4.79 Å². The molecule has 6 heteroatoms. The molecule has 1 atom stereocenters. The van der Waals surface area contributed by atoms with Crippen LogP contribution in [0.1, 0.15) is 47.8 Å². The molecule has 3 heterocycles. The number of piperidine rings is 1. The van der Waals surface area contributed by atoms with Gasteiger partial charge in [-0.05, 0) is 50.2 Å². The summed E-state index contributed by atoms with van der Waals surface area (Å²) in [5, 5.41) is 8.28. The molecule has 0 spiro atoms. The lowest BCUT2D eigenvalue weighted by Gasteiger charge is -2.35. The zero-order chi connectivity index (χ0) is 17.4. The molecule has 1 aliphatic heterocycles. The van der Waals surface area contributed by atoms with Gasteiger partial charge in [0.05, 0.1) is 11.4 Å². The minimum Gasteiger partial charge on any atom is -0.342 e. The molecule has 0 bridgehead atoms. The number of fused-ring (bicyclic) bond motifs is 1. The van der Waals surface area contributed by atoms with Crippen molar-refractivity contribution in [1.29, 1.82) is 0 Å². The maximum Gasteiger partial charge on any atom is 0.226 e. The number of pyridine rings is 1. The molecule has 132 valence electrons. The molecular weight excluding hydrogens is 314 g/mol. The van der Waals surface area contributed by atoms with Crippen molar-refractivity contribution in [2.75, 3.05) is 13.1 Å². The maximum absolute atomic E-state index is 12.9. The van der Waals surface area contributed by atoms with E-state index in [1.54, 1.807) is 0 Å². The van der Waals surface area contributed by atoms with Crippen molar-refractivity contribution in [3.63, 3.8) is 0 Å². The van der Waals surface area contributed by atoms with Gasteiger partial charge in [0.25, 0.3) is 0 Å². The van der Waals surface area contributed by atoms with Crippen molar-refractivity contribution in [2.24, 2.45) is 13.0 Å². The Bertz CT molecular complexity index is 759. The smallest absolute Gasteiger partial charge is 0.226 e. The minimum absolute atomic E-state index is 0.0855. The molecule has 0 aromatic carbocycles. The van der Waals surface area contributed by atoms with Gasteiger partial charge >= 0.3 is 0 Å². The van der Waals surface area contributed by atoms with Gasteiger partial charge in [-0.2, -0.15) is 0 Å². The van der Waals surface area contributed by atoms with Crippen LogP contribution in [0.15, 0.2) is 18.3 Å². The minimum atomic E-state index is 0.0855. The van der Waals surface area contributed by atoms with Gasteiger partial charge in [0, 0.05) is 44.4 Å². The summed E-state index contributed by atoms with van der Waals surface area (Å²) in [5.74, 6) is 0.922. The zero-order valence-electron chi connectivity index (χ0n) is 15.0. The standard InChI is InChI=1S/C19H25N5O/c1-13-3-4-16(12-20-13)14-7-9-24(10-8-14)19(25)15-5-6-17-18(11-15)23(2)22-21-17/h3-4,12,14-15H,5-11H2,1-2H3. The highest BCUT2D eigenvalue weighted by molar-refractivity contribution is 5.79. The van der Waals surface area contributed by atoms with Gasteiger partial charge in [-0.15, -0.1) is 5.10 Å². The number of aromatic nitrogens is 4. The number of carbonyl (C=O) groups excluding carboxylic acids is 1. The Balaban J connectivity index is 1.37. The first-order valence-corrected chi connectivity index (χ1v) is 9.20. The predicted octanol–water partition coefficient (Wildman–Crippen LogP) is 2.03. The molecule has 2 aliphatic rings. The van der Waals surface area contributed by atoms with Crippen LogP contribution in [0, 0.1) is 12.8 Å². The number of likely N-dealkylation sites (tertiary alicyclic amines) is 1. The summed E-state index contributed by atoms with van der Waals surface area (Å²) < 4.78 is 1.82. The van der Waals surface area contributed by atoms with Crippen molar-refractivity contribution in [1.82, 2.24) is 24.9 Å². The van der Waals surface area contributed by atoms with E-state index in [0.29, 0.717) is 11.8 Å². The van der Waals surface area contributed by atoms with E-state index < -0.39 is 0 Å². The van der Waals surface area contributed by atoms with E-state index in [1.165, 1.54) is 5.56 Å². The largest absolute Gasteiger partial charge is 0.342 e. The number of nitrogens with zero attached hydrogens (tertiary/aromatic N) is 5. The second-order valence-electron chi connectivity index (χ2n) is 7.38. The topological polar surface area (TPSA) is 63.9 Å². The van der Waals surface area contributed by atoms with Gasteiger partial charge in [0.1, 0.15) is 0 Å². The summed E-state index contributed by atoms with van der Waals surface area (Å²) in [6.45, 7) is 3.72. The molecule has 4 rings (SSSR count). The van der Waals surface area contributed by atoms with Crippen LogP contribution in [-0.4, -0.2) is 43.9 Å². The quantitative estimate of drug-likeness (QED) is 0.840. The number of aryl methyl sites for hydroxylation is 3. The lowest BCUT2D eigenvalue weighted by molar-refractivity contribution is -0.137. The zero-order valence-corrected chi connectivity index (χ0v) is 15.0.